The Bertz CT molecular complexity index is 375. The molecule has 0 aliphatic heterocycles. The summed E-state index contributed by atoms with van der Waals surface area (Å²) < 4.78 is 2.25. The van der Waals surface area contributed by atoms with Crippen LogP contribution in [0.3, 0.4) is 0 Å². The highest BCUT2D eigenvalue weighted by Gasteiger charge is 2.27. The van der Waals surface area contributed by atoms with E-state index in [1.165, 1.54) is 43.6 Å². The number of nitrogen functional groups attached to an aromatic ring is 1. The monoisotopic (exact) mass is 235 g/mol. The van der Waals surface area contributed by atoms with E-state index in [2.05, 4.69) is 25.3 Å². The second-order valence-corrected chi connectivity index (χ2v) is 5.53. The van der Waals surface area contributed by atoms with Crippen molar-refractivity contribution in [1.82, 2.24) is 9.55 Å². The number of unbranched alkanes of at least 4 members (excludes halogenated alkanes) is 1. The van der Waals surface area contributed by atoms with E-state index >= 15 is 0 Å². The van der Waals surface area contributed by atoms with Crippen molar-refractivity contribution in [2.75, 3.05) is 5.73 Å². The Hall–Kier alpha value is -0.990. The fourth-order valence-corrected chi connectivity index (χ4v) is 2.48. The molecule has 2 N–H and O–H groups in total. The van der Waals surface area contributed by atoms with Crippen LogP contribution < -0.4 is 5.73 Å². The van der Waals surface area contributed by atoms with E-state index in [-0.39, 0.29) is 0 Å². The molecule has 0 aromatic carbocycles. The molecule has 0 atom stereocenters. The van der Waals surface area contributed by atoms with E-state index in [9.17, 15) is 0 Å². The first-order chi connectivity index (χ1) is 8.15. The molecule has 0 bridgehead atoms. The molecule has 1 heterocycles. The lowest BCUT2D eigenvalue weighted by Gasteiger charge is -2.24. The summed E-state index contributed by atoms with van der Waals surface area (Å²) in [5, 5.41) is 0. The predicted molar refractivity (Wildman–Crippen MR) is 72.2 cm³/mol. The standard InChI is InChI=1S/C14H25N3/c1-4-5-9-17-13(15)12(11-7-6-8-11)16-14(17)10(2)3/h10-11H,4-9,15H2,1-3H3. The first-order valence-corrected chi connectivity index (χ1v) is 7.00. The van der Waals surface area contributed by atoms with Crippen molar-refractivity contribution in [2.24, 2.45) is 0 Å². The van der Waals surface area contributed by atoms with Gasteiger partial charge in [0.15, 0.2) is 0 Å². The summed E-state index contributed by atoms with van der Waals surface area (Å²) in [6.07, 6.45) is 6.26. The highest BCUT2D eigenvalue weighted by molar-refractivity contribution is 5.42. The van der Waals surface area contributed by atoms with Gasteiger partial charge in [0.25, 0.3) is 0 Å². The second kappa shape index (κ2) is 5.11. The first kappa shape index (κ1) is 12.5. The van der Waals surface area contributed by atoms with Crippen LogP contribution in [-0.4, -0.2) is 9.55 Å². The lowest BCUT2D eigenvalue weighted by molar-refractivity contribution is 0.413. The van der Waals surface area contributed by atoms with E-state index < -0.39 is 0 Å². The van der Waals surface area contributed by atoms with Crippen LogP contribution in [0.15, 0.2) is 0 Å². The number of anilines is 1. The van der Waals surface area contributed by atoms with Gasteiger partial charge in [-0.15, -0.1) is 0 Å². The number of rotatable bonds is 5. The van der Waals surface area contributed by atoms with Crippen molar-refractivity contribution in [3.05, 3.63) is 11.5 Å². The number of hydrogen-bond acceptors (Lipinski definition) is 2. The third-order valence-electron chi connectivity index (χ3n) is 3.81. The molecular formula is C14H25N3. The summed E-state index contributed by atoms with van der Waals surface area (Å²) in [7, 11) is 0. The maximum Gasteiger partial charge on any atom is 0.127 e. The lowest BCUT2D eigenvalue weighted by Crippen LogP contribution is -2.12. The van der Waals surface area contributed by atoms with Crippen LogP contribution >= 0.6 is 0 Å². The van der Waals surface area contributed by atoms with Crippen LogP contribution in [0, 0.1) is 0 Å². The van der Waals surface area contributed by atoms with Crippen LogP contribution in [-0.2, 0) is 6.54 Å². The first-order valence-electron chi connectivity index (χ1n) is 7.00. The summed E-state index contributed by atoms with van der Waals surface area (Å²) in [5.41, 5.74) is 7.47. The molecule has 0 unspecified atom stereocenters. The van der Waals surface area contributed by atoms with Gasteiger partial charge in [0.2, 0.25) is 0 Å². The molecule has 0 radical (unpaired) electrons. The Labute approximate surface area is 104 Å². The smallest absolute Gasteiger partial charge is 0.127 e. The molecular weight excluding hydrogens is 210 g/mol. The van der Waals surface area contributed by atoms with Crippen LogP contribution in [0.2, 0.25) is 0 Å². The molecule has 0 spiro atoms. The van der Waals surface area contributed by atoms with Crippen molar-refractivity contribution in [3.8, 4) is 0 Å². The molecule has 1 aliphatic rings. The van der Waals surface area contributed by atoms with E-state index in [1.54, 1.807) is 0 Å². The fourth-order valence-electron chi connectivity index (χ4n) is 2.48. The molecule has 17 heavy (non-hydrogen) atoms. The van der Waals surface area contributed by atoms with Crippen LogP contribution in [0.1, 0.15) is 76.2 Å². The molecule has 3 heteroatoms. The molecule has 96 valence electrons. The molecule has 1 aliphatic carbocycles. The van der Waals surface area contributed by atoms with Gasteiger partial charge in [-0.3, -0.25) is 0 Å². The van der Waals surface area contributed by atoms with Gasteiger partial charge in [0, 0.05) is 18.4 Å². The summed E-state index contributed by atoms with van der Waals surface area (Å²) in [4.78, 5) is 4.82. The SMILES string of the molecule is CCCCn1c(C(C)C)nc(C2CCC2)c1N. The van der Waals surface area contributed by atoms with E-state index in [4.69, 9.17) is 10.7 Å². The predicted octanol–water partition coefficient (Wildman–Crippen LogP) is 3.66. The number of nitrogens with zero attached hydrogens (tertiary/aromatic N) is 2. The van der Waals surface area contributed by atoms with Gasteiger partial charge >= 0.3 is 0 Å². The van der Waals surface area contributed by atoms with Gasteiger partial charge in [-0.05, 0) is 19.3 Å². The quantitative estimate of drug-likeness (QED) is 0.846. The van der Waals surface area contributed by atoms with Gasteiger partial charge in [-0.25, -0.2) is 4.98 Å². The largest absolute Gasteiger partial charge is 0.384 e. The zero-order chi connectivity index (χ0) is 12.4. The molecule has 1 saturated carbocycles. The molecule has 1 fully saturated rings. The van der Waals surface area contributed by atoms with E-state index in [1.807, 2.05) is 0 Å². The highest BCUT2D eigenvalue weighted by Crippen LogP contribution is 2.39. The Morgan fingerprint density at radius 3 is 2.59 bits per heavy atom. The molecule has 1 aromatic heterocycles. The Balaban J connectivity index is 2.29. The van der Waals surface area contributed by atoms with Gasteiger partial charge in [0.05, 0.1) is 5.69 Å². The van der Waals surface area contributed by atoms with Crippen molar-refractivity contribution >= 4 is 5.82 Å². The minimum absolute atomic E-state index is 0.461. The van der Waals surface area contributed by atoms with Crippen LogP contribution in [0.25, 0.3) is 0 Å². The van der Waals surface area contributed by atoms with Crippen molar-refractivity contribution in [1.29, 1.82) is 0 Å². The molecule has 0 amide bonds. The van der Waals surface area contributed by atoms with Crippen molar-refractivity contribution < 1.29 is 0 Å². The van der Waals surface area contributed by atoms with Crippen LogP contribution in [0.4, 0.5) is 5.82 Å². The highest BCUT2D eigenvalue weighted by atomic mass is 15.1. The second-order valence-electron chi connectivity index (χ2n) is 5.53. The Kier molecular flexibility index (Phi) is 3.75. The van der Waals surface area contributed by atoms with Gasteiger partial charge in [-0.2, -0.15) is 0 Å². The van der Waals surface area contributed by atoms with Gasteiger partial charge < -0.3 is 10.3 Å². The zero-order valence-corrected chi connectivity index (χ0v) is 11.4. The number of imidazole rings is 1. The molecule has 1 aromatic rings. The zero-order valence-electron chi connectivity index (χ0n) is 11.4. The third-order valence-corrected chi connectivity index (χ3v) is 3.81. The number of nitrogens with two attached hydrogens (primary N) is 1. The maximum absolute atomic E-state index is 6.29. The van der Waals surface area contributed by atoms with Crippen molar-refractivity contribution in [2.45, 2.75) is 71.3 Å². The summed E-state index contributed by atoms with van der Waals surface area (Å²) in [6.45, 7) is 7.65. The average molecular weight is 235 g/mol. The van der Waals surface area contributed by atoms with Crippen molar-refractivity contribution in [3.63, 3.8) is 0 Å². The maximum atomic E-state index is 6.29. The average Bonchev–Trinajstić information content (AvgIpc) is 2.52. The normalized spacial score (nSPS) is 16.5. The summed E-state index contributed by atoms with van der Waals surface area (Å²) >= 11 is 0. The topological polar surface area (TPSA) is 43.8 Å². The Morgan fingerprint density at radius 1 is 1.41 bits per heavy atom. The fraction of sp³-hybridized carbons (Fsp3) is 0.786. The minimum atomic E-state index is 0.461. The minimum Gasteiger partial charge on any atom is -0.384 e. The van der Waals surface area contributed by atoms with E-state index in [0.717, 1.165) is 12.4 Å². The van der Waals surface area contributed by atoms with Gasteiger partial charge in [0.1, 0.15) is 11.6 Å². The summed E-state index contributed by atoms with van der Waals surface area (Å²) in [6, 6.07) is 0. The third kappa shape index (κ3) is 2.33. The molecule has 3 nitrogen and oxygen atoms in total. The molecule has 0 saturated heterocycles. The Morgan fingerprint density at radius 2 is 2.12 bits per heavy atom. The lowest BCUT2D eigenvalue weighted by atomic mass is 9.83. The van der Waals surface area contributed by atoms with Crippen LogP contribution in [0.5, 0.6) is 0 Å². The summed E-state index contributed by atoms with van der Waals surface area (Å²) in [5.74, 6) is 3.21. The number of aromatic nitrogens is 2. The number of hydrogen-bond donors (Lipinski definition) is 1. The molecule has 2 rings (SSSR count). The van der Waals surface area contributed by atoms with Gasteiger partial charge in [-0.1, -0.05) is 33.6 Å². The van der Waals surface area contributed by atoms with E-state index in [0.29, 0.717) is 11.8 Å².